The quantitative estimate of drug-likeness (QED) is 0.861. The van der Waals surface area contributed by atoms with Crippen LogP contribution in [0.25, 0.3) is 5.69 Å². The molecule has 1 heterocycles. The lowest BCUT2D eigenvalue weighted by Crippen LogP contribution is -2.18. The first-order valence-electron chi connectivity index (χ1n) is 5.87. The normalized spacial score (nSPS) is 10.8. The highest BCUT2D eigenvalue weighted by molar-refractivity contribution is 5.33. The van der Waals surface area contributed by atoms with E-state index in [0.29, 0.717) is 24.1 Å². The zero-order valence-corrected chi connectivity index (χ0v) is 10.1. The Morgan fingerprint density at radius 2 is 2.22 bits per heavy atom. The maximum atomic E-state index is 13.2. The molecular formula is C13H15FN2O2. The van der Waals surface area contributed by atoms with Crippen LogP contribution in [0.15, 0.2) is 29.1 Å². The first kappa shape index (κ1) is 12.6. The van der Waals surface area contributed by atoms with E-state index >= 15 is 0 Å². The third-order valence-electron chi connectivity index (χ3n) is 2.85. The smallest absolute Gasteiger partial charge is 0.274 e. The number of hydrogen-bond donors (Lipinski definition) is 2. The van der Waals surface area contributed by atoms with Crippen LogP contribution >= 0.6 is 0 Å². The van der Waals surface area contributed by atoms with E-state index in [2.05, 4.69) is 5.10 Å². The fourth-order valence-corrected chi connectivity index (χ4v) is 1.98. The van der Waals surface area contributed by atoms with Crippen LogP contribution in [0, 0.1) is 5.82 Å². The number of nitrogens with one attached hydrogen (secondary N) is 1. The van der Waals surface area contributed by atoms with Crippen molar-refractivity contribution >= 4 is 0 Å². The van der Waals surface area contributed by atoms with Crippen LogP contribution < -0.4 is 5.56 Å². The van der Waals surface area contributed by atoms with Crippen LogP contribution in [0.5, 0.6) is 0 Å². The molecule has 96 valence electrons. The predicted octanol–water partition coefficient (Wildman–Crippen LogP) is 1.40. The molecule has 2 aromatic rings. The second-order valence-electron chi connectivity index (χ2n) is 4.02. The molecule has 0 aliphatic rings. The highest BCUT2D eigenvalue weighted by Crippen LogP contribution is 2.10. The van der Waals surface area contributed by atoms with E-state index < -0.39 is 5.82 Å². The highest BCUT2D eigenvalue weighted by Gasteiger charge is 2.13. The second kappa shape index (κ2) is 5.18. The molecule has 2 rings (SSSR count). The van der Waals surface area contributed by atoms with E-state index in [-0.39, 0.29) is 12.2 Å². The van der Waals surface area contributed by atoms with Crippen molar-refractivity contribution in [1.82, 2.24) is 9.78 Å². The van der Waals surface area contributed by atoms with Crippen molar-refractivity contribution in [3.63, 3.8) is 0 Å². The Kier molecular flexibility index (Phi) is 3.62. The Morgan fingerprint density at radius 3 is 2.83 bits per heavy atom. The van der Waals surface area contributed by atoms with Gasteiger partial charge >= 0.3 is 0 Å². The van der Waals surface area contributed by atoms with Crippen LogP contribution in [0.1, 0.15) is 18.2 Å². The van der Waals surface area contributed by atoms with Gasteiger partial charge in [0.15, 0.2) is 0 Å². The molecule has 2 N–H and O–H groups in total. The van der Waals surface area contributed by atoms with Gasteiger partial charge in [-0.3, -0.25) is 9.89 Å². The van der Waals surface area contributed by atoms with Crippen LogP contribution in [0.3, 0.4) is 0 Å². The molecule has 0 saturated carbocycles. The van der Waals surface area contributed by atoms with Crippen molar-refractivity contribution in [2.75, 3.05) is 6.61 Å². The van der Waals surface area contributed by atoms with Crippen molar-refractivity contribution < 1.29 is 9.50 Å². The minimum Gasteiger partial charge on any atom is -0.396 e. The van der Waals surface area contributed by atoms with Crippen molar-refractivity contribution in [1.29, 1.82) is 0 Å². The number of aromatic nitrogens is 2. The summed E-state index contributed by atoms with van der Waals surface area (Å²) in [5.74, 6) is -0.393. The van der Waals surface area contributed by atoms with Gasteiger partial charge in [-0.15, -0.1) is 0 Å². The fraction of sp³-hybridized carbons (Fsp3) is 0.308. The average molecular weight is 250 g/mol. The molecule has 0 unspecified atom stereocenters. The summed E-state index contributed by atoms with van der Waals surface area (Å²) >= 11 is 0. The Labute approximate surface area is 104 Å². The molecule has 18 heavy (non-hydrogen) atoms. The lowest BCUT2D eigenvalue weighted by molar-refractivity contribution is 0.299. The third-order valence-corrected chi connectivity index (χ3v) is 2.85. The molecule has 1 aromatic heterocycles. The Bertz CT molecular complexity index is 601. The zero-order chi connectivity index (χ0) is 13.1. The average Bonchev–Trinajstić information content (AvgIpc) is 2.67. The van der Waals surface area contributed by atoms with Gasteiger partial charge in [0.2, 0.25) is 0 Å². The van der Waals surface area contributed by atoms with Gasteiger partial charge in [0.05, 0.1) is 5.69 Å². The van der Waals surface area contributed by atoms with E-state index in [0.717, 1.165) is 5.69 Å². The van der Waals surface area contributed by atoms with Crippen molar-refractivity contribution in [3.8, 4) is 5.69 Å². The van der Waals surface area contributed by atoms with Gasteiger partial charge < -0.3 is 5.11 Å². The van der Waals surface area contributed by atoms with Crippen molar-refractivity contribution in [3.05, 3.63) is 51.7 Å². The molecule has 0 aliphatic carbocycles. The van der Waals surface area contributed by atoms with Gasteiger partial charge in [-0.2, -0.15) is 0 Å². The molecule has 0 bridgehead atoms. The number of aliphatic hydroxyl groups is 1. The minimum atomic E-state index is -0.393. The fourth-order valence-electron chi connectivity index (χ4n) is 1.98. The molecule has 0 radical (unpaired) electrons. The van der Waals surface area contributed by atoms with Crippen LogP contribution in [-0.4, -0.2) is 21.5 Å². The first-order chi connectivity index (χ1) is 8.67. The number of aromatic amines is 1. The van der Waals surface area contributed by atoms with E-state index in [4.69, 9.17) is 5.11 Å². The number of H-pyrrole nitrogens is 1. The molecular weight excluding hydrogens is 235 g/mol. The van der Waals surface area contributed by atoms with E-state index in [1.807, 2.05) is 6.92 Å². The Balaban J connectivity index is 2.55. The van der Waals surface area contributed by atoms with Crippen molar-refractivity contribution in [2.45, 2.75) is 19.8 Å². The molecule has 0 aliphatic heterocycles. The third kappa shape index (κ3) is 2.22. The van der Waals surface area contributed by atoms with Crippen LogP contribution in [0.4, 0.5) is 4.39 Å². The monoisotopic (exact) mass is 250 g/mol. The van der Waals surface area contributed by atoms with Gasteiger partial charge in [0, 0.05) is 24.3 Å². The number of aliphatic hydroxyl groups excluding tert-OH is 1. The summed E-state index contributed by atoms with van der Waals surface area (Å²) in [6.45, 7) is 1.84. The molecule has 0 amide bonds. The Morgan fingerprint density at radius 1 is 1.44 bits per heavy atom. The predicted molar refractivity (Wildman–Crippen MR) is 66.5 cm³/mol. The lowest BCUT2D eigenvalue weighted by atomic mass is 10.1. The minimum absolute atomic E-state index is 0.0801. The first-order valence-corrected chi connectivity index (χ1v) is 5.87. The summed E-state index contributed by atoms with van der Waals surface area (Å²) in [7, 11) is 0. The number of hydrogen-bond acceptors (Lipinski definition) is 2. The Hall–Kier alpha value is -1.88. The number of rotatable bonds is 4. The lowest BCUT2D eigenvalue weighted by Gasteiger charge is -2.01. The van der Waals surface area contributed by atoms with Gasteiger partial charge in [-0.25, -0.2) is 9.07 Å². The maximum Gasteiger partial charge on any atom is 0.274 e. The molecule has 1 aromatic carbocycles. The zero-order valence-electron chi connectivity index (χ0n) is 10.1. The summed E-state index contributed by atoms with van der Waals surface area (Å²) in [6.07, 6.45) is 0.966. The summed E-state index contributed by atoms with van der Waals surface area (Å²) in [4.78, 5) is 12.1. The van der Waals surface area contributed by atoms with Crippen LogP contribution in [-0.2, 0) is 12.8 Å². The van der Waals surface area contributed by atoms with Gasteiger partial charge in [-0.05, 0) is 24.6 Å². The summed E-state index contributed by atoms with van der Waals surface area (Å²) in [6, 6.07) is 5.82. The molecule has 0 spiro atoms. The van der Waals surface area contributed by atoms with Gasteiger partial charge in [0.25, 0.3) is 5.56 Å². The van der Waals surface area contributed by atoms with Crippen molar-refractivity contribution in [2.24, 2.45) is 0 Å². The summed E-state index contributed by atoms with van der Waals surface area (Å²) in [5.41, 5.74) is 1.56. The number of aryl methyl sites for hydroxylation is 1. The van der Waals surface area contributed by atoms with Gasteiger partial charge in [0.1, 0.15) is 5.82 Å². The summed E-state index contributed by atoms with van der Waals surface area (Å²) in [5, 5.41) is 11.9. The molecule has 4 nitrogen and oxygen atoms in total. The number of nitrogens with zero attached hydrogens (tertiary/aromatic N) is 1. The van der Waals surface area contributed by atoms with Gasteiger partial charge in [-0.1, -0.05) is 13.0 Å². The maximum absolute atomic E-state index is 13.2. The molecule has 0 atom stereocenters. The molecule has 5 heteroatoms. The molecule has 0 fully saturated rings. The van der Waals surface area contributed by atoms with E-state index in [9.17, 15) is 9.18 Å². The molecule has 0 saturated heterocycles. The second-order valence-corrected chi connectivity index (χ2v) is 4.02. The topological polar surface area (TPSA) is 58.0 Å². The summed E-state index contributed by atoms with van der Waals surface area (Å²) < 4.78 is 14.5. The number of halogens is 1. The standard InChI is InChI=1S/C13H15FN2O2/c1-2-12-11(6-7-17)13(18)16(15-12)10-5-3-4-9(14)8-10/h3-5,8,15,17H,2,6-7H2,1H3. The van der Waals surface area contributed by atoms with Crippen LogP contribution in [0.2, 0.25) is 0 Å². The SMILES string of the molecule is CCc1[nH]n(-c2cccc(F)c2)c(=O)c1CCO. The van der Waals surface area contributed by atoms with E-state index in [1.54, 1.807) is 12.1 Å². The number of benzene rings is 1. The highest BCUT2D eigenvalue weighted by atomic mass is 19.1. The van der Waals surface area contributed by atoms with E-state index in [1.165, 1.54) is 16.8 Å². The largest absolute Gasteiger partial charge is 0.396 e.